The number of carbonyl (C=O) groups is 1. The third-order valence-corrected chi connectivity index (χ3v) is 6.65. The second kappa shape index (κ2) is 7.41. The average Bonchev–Trinajstić information content (AvgIpc) is 3.34. The Labute approximate surface area is 167 Å². The zero-order valence-corrected chi connectivity index (χ0v) is 16.8. The standard InChI is InChI=1S/C21H19NO4S2/c1-28(24,25)18-7-4-14(5-8-18)15-6-9-19-16(11-15)12-17(26-19)13-22-21(23)20-3-2-10-27-20/h2-11,17H,12-13H2,1H3,(H,22,23). The Kier molecular flexibility index (Phi) is 4.95. The summed E-state index contributed by atoms with van der Waals surface area (Å²) in [6, 6.07) is 16.5. The smallest absolute Gasteiger partial charge is 0.261 e. The largest absolute Gasteiger partial charge is 0.488 e. The maximum atomic E-state index is 12.1. The highest BCUT2D eigenvalue weighted by atomic mass is 32.2. The predicted octanol–water partition coefficient (Wildman–Crippen LogP) is 3.55. The van der Waals surface area contributed by atoms with Gasteiger partial charge in [0.15, 0.2) is 9.84 Å². The lowest BCUT2D eigenvalue weighted by Crippen LogP contribution is -2.34. The zero-order valence-electron chi connectivity index (χ0n) is 15.2. The molecule has 0 fully saturated rings. The molecule has 2 aromatic carbocycles. The average molecular weight is 414 g/mol. The van der Waals surface area contributed by atoms with Crippen LogP contribution in [0.1, 0.15) is 15.2 Å². The first-order valence-electron chi connectivity index (χ1n) is 8.82. The molecule has 2 heterocycles. The number of ether oxygens (including phenoxy) is 1. The monoisotopic (exact) mass is 413 g/mol. The van der Waals surface area contributed by atoms with Crippen molar-refractivity contribution in [3.8, 4) is 16.9 Å². The fourth-order valence-corrected chi connectivity index (χ4v) is 4.48. The van der Waals surface area contributed by atoms with Gasteiger partial charge in [0.25, 0.3) is 5.91 Å². The van der Waals surface area contributed by atoms with E-state index in [1.54, 1.807) is 18.2 Å². The summed E-state index contributed by atoms with van der Waals surface area (Å²) in [5.41, 5.74) is 3.04. The molecule has 0 aliphatic carbocycles. The maximum Gasteiger partial charge on any atom is 0.261 e. The molecule has 7 heteroatoms. The Bertz CT molecular complexity index is 1100. The Morgan fingerprint density at radius 3 is 2.57 bits per heavy atom. The van der Waals surface area contributed by atoms with Crippen LogP contribution in [0.25, 0.3) is 11.1 Å². The van der Waals surface area contributed by atoms with E-state index in [1.807, 2.05) is 35.7 Å². The maximum absolute atomic E-state index is 12.1. The molecule has 3 aromatic rings. The SMILES string of the molecule is CS(=O)(=O)c1ccc(-c2ccc3c(c2)CC(CNC(=O)c2cccs2)O3)cc1. The first-order valence-corrected chi connectivity index (χ1v) is 11.6. The summed E-state index contributed by atoms with van der Waals surface area (Å²) in [7, 11) is -3.20. The number of amides is 1. The Hall–Kier alpha value is -2.64. The van der Waals surface area contributed by atoms with E-state index in [4.69, 9.17) is 4.74 Å². The molecule has 1 aromatic heterocycles. The van der Waals surface area contributed by atoms with Crippen molar-refractivity contribution in [2.45, 2.75) is 17.4 Å². The van der Waals surface area contributed by atoms with Crippen molar-refractivity contribution in [3.05, 3.63) is 70.4 Å². The first kappa shape index (κ1) is 18.7. The molecular formula is C21H19NO4S2. The molecule has 28 heavy (non-hydrogen) atoms. The number of benzene rings is 2. The van der Waals surface area contributed by atoms with Gasteiger partial charge in [-0.2, -0.15) is 0 Å². The highest BCUT2D eigenvalue weighted by Crippen LogP contribution is 2.33. The van der Waals surface area contributed by atoms with E-state index >= 15 is 0 Å². The topological polar surface area (TPSA) is 72.5 Å². The Morgan fingerprint density at radius 1 is 1.14 bits per heavy atom. The molecule has 0 radical (unpaired) electrons. The van der Waals surface area contributed by atoms with Gasteiger partial charge in [0.1, 0.15) is 11.9 Å². The molecule has 4 rings (SSSR count). The van der Waals surface area contributed by atoms with Crippen molar-refractivity contribution < 1.29 is 17.9 Å². The van der Waals surface area contributed by atoms with Gasteiger partial charge >= 0.3 is 0 Å². The summed E-state index contributed by atoms with van der Waals surface area (Å²) in [6.07, 6.45) is 1.82. The number of rotatable bonds is 5. The van der Waals surface area contributed by atoms with Crippen molar-refractivity contribution >= 4 is 27.1 Å². The summed E-state index contributed by atoms with van der Waals surface area (Å²) >= 11 is 1.41. The lowest BCUT2D eigenvalue weighted by atomic mass is 10.0. The number of hydrogen-bond acceptors (Lipinski definition) is 5. The predicted molar refractivity (Wildman–Crippen MR) is 110 cm³/mol. The van der Waals surface area contributed by atoms with Crippen LogP contribution >= 0.6 is 11.3 Å². The molecule has 0 saturated heterocycles. The fraction of sp³-hybridized carbons (Fsp3) is 0.190. The van der Waals surface area contributed by atoms with E-state index < -0.39 is 9.84 Å². The zero-order chi connectivity index (χ0) is 19.7. The first-order chi connectivity index (χ1) is 13.4. The summed E-state index contributed by atoms with van der Waals surface area (Å²) in [5.74, 6) is 0.744. The van der Waals surface area contributed by atoms with Crippen LogP contribution in [-0.4, -0.2) is 33.2 Å². The van der Waals surface area contributed by atoms with Gasteiger partial charge in [-0.1, -0.05) is 24.3 Å². The van der Waals surface area contributed by atoms with Gasteiger partial charge in [-0.25, -0.2) is 8.42 Å². The van der Waals surface area contributed by atoms with Crippen molar-refractivity contribution in [1.29, 1.82) is 0 Å². The second-order valence-electron chi connectivity index (χ2n) is 6.75. The van der Waals surface area contributed by atoms with E-state index in [-0.39, 0.29) is 12.0 Å². The van der Waals surface area contributed by atoms with E-state index in [0.29, 0.717) is 16.3 Å². The summed E-state index contributed by atoms with van der Waals surface area (Å²) in [6.45, 7) is 0.448. The highest BCUT2D eigenvalue weighted by molar-refractivity contribution is 7.90. The van der Waals surface area contributed by atoms with Crippen LogP contribution < -0.4 is 10.1 Å². The van der Waals surface area contributed by atoms with Crippen molar-refractivity contribution in [1.82, 2.24) is 5.32 Å². The quantitative estimate of drug-likeness (QED) is 0.694. The third kappa shape index (κ3) is 3.95. The van der Waals surface area contributed by atoms with Crippen molar-refractivity contribution in [3.63, 3.8) is 0 Å². The molecule has 1 aliphatic rings. The minimum Gasteiger partial charge on any atom is -0.488 e. The van der Waals surface area contributed by atoms with Crippen LogP contribution in [0.3, 0.4) is 0 Å². The summed E-state index contributed by atoms with van der Waals surface area (Å²) in [5, 5.41) is 4.79. The molecule has 0 bridgehead atoms. The number of sulfone groups is 1. The highest BCUT2D eigenvalue weighted by Gasteiger charge is 2.24. The van der Waals surface area contributed by atoms with Gasteiger partial charge in [0.2, 0.25) is 0 Å². The van der Waals surface area contributed by atoms with Gasteiger partial charge in [-0.05, 0) is 52.4 Å². The molecular weight excluding hydrogens is 394 g/mol. The molecule has 0 spiro atoms. The fourth-order valence-electron chi connectivity index (χ4n) is 3.21. The van der Waals surface area contributed by atoms with Crippen molar-refractivity contribution in [2.75, 3.05) is 12.8 Å². The van der Waals surface area contributed by atoms with Crippen molar-refractivity contribution in [2.24, 2.45) is 0 Å². The molecule has 144 valence electrons. The molecule has 1 atom stereocenters. The minimum absolute atomic E-state index is 0.0822. The van der Waals surface area contributed by atoms with E-state index in [0.717, 1.165) is 28.9 Å². The van der Waals surface area contributed by atoms with Crippen LogP contribution in [0.15, 0.2) is 64.9 Å². The number of nitrogens with one attached hydrogen (secondary N) is 1. The molecule has 5 nitrogen and oxygen atoms in total. The summed E-state index contributed by atoms with van der Waals surface area (Å²) < 4.78 is 29.2. The van der Waals surface area contributed by atoms with Crippen LogP contribution in [0, 0.1) is 0 Å². The molecule has 1 N–H and O–H groups in total. The Morgan fingerprint density at radius 2 is 1.89 bits per heavy atom. The van der Waals surface area contributed by atoms with Gasteiger partial charge < -0.3 is 10.1 Å². The Balaban J connectivity index is 1.43. The molecule has 1 unspecified atom stereocenters. The van der Waals surface area contributed by atoms with Gasteiger partial charge in [-0.15, -0.1) is 11.3 Å². The van der Waals surface area contributed by atoms with Gasteiger partial charge in [0, 0.05) is 12.7 Å². The number of hydrogen-bond donors (Lipinski definition) is 1. The number of carbonyl (C=O) groups excluding carboxylic acids is 1. The number of thiophene rings is 1. The lowest BCUT2D eigenvalue weighted by molar-refractivity contribution is 0.0937. The van der Waals surface area contributed by atoms with Crippen LogP contribution in [0.4, 0.5) is 0 Å². The normalized spacial score (nSPS) is 15.7. The second-order valence-corrected chi connectivity index (χ2v) is 9.71. The van der Waals surface area contributed by atoms with Gasteiger partial charge in [0.05, 0.1) is 16.3 Å². The van der Waals surface area contributed by atoms with E-state index in [2.05, 4.69) is 11.4 Å². The lowest BCUT2D eigenvalue weighted by Gasteiger charge is -2.11. The van der Waals surface area contributed by atoms with E-state index in [9.17, 15) is 13.2 Å². The van der Waals surface area contributed by atoms with Crippen LogP contribution in [0.5, 0.6) is 5.75 Å². The minimum atomic E-state index is -3.20. The van der Waals surface area contributed by atoms with Gasteiger partial charge in [-0.3, -0.25) is 4.79 Å². The third-order valence-electron chi connectivity index (χ3n) is 4.65. The van der Waals surface area contributed by atoms with Crippen LogP contribution in [0.2, 0.25) is 0 Å². The number of fused-ring (bicyclic) bond motifs is 1. The summed E-state index contributed by atoms with van der Waals surface area (Å²) in [4.78, 5) is 13.1. The molecule has 1 aliphatic heterocycles. The molecule has 0 saturated carbocycles. The van der Waals surface area contributed by atoms with Crippen LogP contribution in [-0.2, 0) is 16.3 Å². The van der Waals surface area contributed by atoms with E-state index in [1.165, 1.54) is 17.6 Å². The molecule has 1 amide bonds.